The molecule has 0 fully saturated rings. The van der Waals surface area contributed by atoms with E-state index in [1.54, 1.807) is 48.5 Å². The van der Waals surface area contributed by atoms with Gasteiger partial charge in [0.2, 0.25) is 5.88 Å². The molecule has 0 radical (unpaired) electrons. The number of nitrogens with one attached hydrogen (secondary N) is 2. The van der Waals surface area contributed by atoms with E-state index < -0.39 is 10.0 Å². The number of rotatable bonds is 1. The molecule has 1 aliphatic heterocycles. The molecule has 8 heteroatoms. The highest BCUT2D eigenvalue weighted by Gasteiger charge is 2.19. The number of anilines is 2. The van der Waals surface area contributed by atoms with Gasteiger partial charge in [0.1, 0.15) is 11.6 Å². The molecular weight excluding hydrogens is 450 g/mol. The van der Waals surface area contributed by atoms with Gasteiger partial charge in [-0.25, -0.2) is 8.42 Å². The van der Waals surface area contributed by atoms with Gasteiger partial charge in [-0.1, -0.05) is 30.3 Å². The fourth-order valence-electron chi connectivity index (χ4n) is 3.99. The van der Waals surface area contributed by atoms with Crippen molar-refractivity contribution in [2.75, 3.05) is 10.0 Å². The largest absolute Gasteiger partial charge is 0.439 e. The standard InChI is InChI=1S/C26H21N3O4S/c1-16-6-3-7-17(2)25(16)19-13-23-28-24(14-19)33-21-10-4-8-18(12-21)26(30)27-20-9-5-11-22(15-20)34(31,32)29-23/h3-15H,1-2H3,(H,27,30)(H,28,29). The Hall–Kier alpha value is -4.17. The number of ether oxygens (including phenoxy) is 1. The highest BCUT2D eigenvalue weighted by atomic mass is 32.2. The molecule has 1 aromatic heterocycles. The molecule has 0 unspecified atom stereocenters. The van der Waals surface area contributed by atoms with Gasteiger partial charge in [-0.15, -0.1) is 0 Å². The summed E-state index contributed by atoms with van der Waals surface area (Å²) in [6.45, 7) is 3.99. The predicted octanol–water partition coefficient (Wildman–Crippen LogP) is 5.52. The molecular formula is C26H21N3O4S. The number of carbonyl (C=O) groups excluding carboxylic acids is 1. The van der Waals surface area contributed by atoms with Gasteiger partial charge in [0.15, 0.2) is 0 Å². The Morgan fingerprint density at radius 2 is 1.56 bits per heavy atom. The summed E-state index contributed by atoms with van der Waals surface area (Å²) in [6, 6.07) is 22.1. The minimum Gasteiger partial charge on any atom is -0.439 e. The summed E-state index contributed by atoms with van der Waals surface area (Å²) < 4.78 is 34.9. The lowest BCUT2D eigenvalue weighted by molar-refractivity contribution is 0.102. The smallest absolute Gasteiger partial charge is 0.263 e. The van der Waals surface area contributed by atoms with Crippen molar-refractivity contribution in [3.8, 4) is 22.8 Å². The quantitative estimate of drug-likeness (QED) is 0.381. The number of fused-ring (bicyclic) bond motifs is 6. The molecule has 0 saturated carbocycles. The highest BCUT2D eigenvalue weighted by Crippen LogP contribution is 2.34. The summed E-state index contributed by atoms with van der Waals surface area (Å²) >= 11 is 0. The van der Waals surface area contributed by atoms with Crippen LogP contribution in [-0.4, -0.2) is 19.3 Å². The molecule has 2 N–H and O–H groups in total. The van der Waals surface area contributed by atoms with E-state index in [4.69, 9.17) is 4.74 Å². The van der Waals surface area contributed by atoms with Crippen LogP contribution in [0.5, 0.6) is 11.6 Å². The van der Waals surface area contributed by atoms with Crippen molar-refractivity contribution in [2.45, 2.75) is 18.7 Å². The molecule has 7 nitrogen and oxygen atoms in total. The number of amides is 1. The first-order chi connectivity index (χ1) is 16.3. The molecule has 0 aliphatic carbocycles. The molecule has 170 valence electrons. The van der Waals surface area contributed by atoms with Crippen LogP contribution in [0.2, 0.25) is 0 Å². The molecule has 0 saturated heterocycles. The molecule has 3 aromatic carbocycles. The van der Waals surface area contributed by atoms with E-state index in [2.05, 4.69) is 15.0 Å². The normalized spacial score (nSPS) is 14.2. The van der Waals surface area contributed by atoms with Crippen LogP contribution in [-0.2, 0) is 10.0 Å². The van der Waals surface area contributed by atoms with Crippen LogP contribution in [0.4, 0.5) is 11.5 Å². The van der Waals surface area contributed by atoms with Gasteiger partial charge in [0, 0.05) is 17.3 Å². The molecule has 0 atom stereocenters. The first kappa shape index (κ1) is 21.7. The van der Waals surface area contributed by atoms with E-state index in [9.17, 15) is 13.2 Å². The van der Waals surface area contributed by atoms with E-state index in [1.807, 2.05) is 32.0 Å². The van der Waals surface area contributed by atoms with Crippen molar-refractivity contribution in [3.05, 3.63) is 95.6 Å². The van der Waals surface area contributed by atoms with E-state index in [0.29, 0.717) is 17.0 Å². The van der Waals surface area contributed by atoms with Gasteiger partial charge in [0.25, 0.3) is 15.9 Å². The maximum Gasteiger partial charge on any atom is 0.263 e. The number of hydrogen-bond acceptors (Lipinski definition) is 5. The van der Waals surface area contributed by atoms with Gasteiger partial charge in [0.05, 0.1) is 4.90 Å². The monoisotopic (exact) mass is 471 g/mol. The summed E-state index contributed by atoms with van der Waals surface area (Å²) in [5.74, 6) is 0.334. The van der Waals surface area contributed by atoms with Crippen molar-refractivity contribution >= 4 is 27.4 Å². The van der Waals surface area contributed by atoms with Gasteiger partial charge in [-0.3, -0.25) is 9.52 Å². The average molecular weight is 472 g/mol. The van der Waals surface area contributed by atoms with Gasteiger partial charge in [-0.05, 0) is 78.6 Å². The summed E-state index contributed by atoms with van der Waals surface area (Å²) in [4.78, 5) is 17.2. The van der Waals surface area contributed by atoms with Gasteiger partial charge >= 0.3 is 0 Å². The third-order valence-corrected chi connectivity index (χ3v) is 6.88. The summed E-state index contributed by atoms with van der Waals surface area (Å²) in [5.41, 5.74) is 4.51. The Morgan fingerprint density at radius 1 is 0.824 bits per heavy atom. The maximum atomic E-state index is 13.2. The number of benzene rings is 3. The van der Waals surface area contributed by atoms with Crippen LogP contribution in [0, 0.1) is 13.8 Å². The predicted molar refractivity (Wildman–Crippen MR) is 131 cm³/mol. The molecule has 6 bridgehead atoms. The number of aromatic nitrogens is 1. The lowest BCUT2D eigenvalue weighted by atomic mass is 9.96. The van der Waals surface area contributed by atoms with Crippen LogP contribution in [0.1, 0.15) is 21.5 Å². The second-order valence-electron chi connectivity index (χ2n) is 8.06. The molecule has 1 amide bonds. The lowest BCUT2D eigenvalue weighted by Gasteiger charge is -2.16. The van der Waals surface area contributed by atoms with Crippen LogP contribution >= 0.6 is 0 Å². The summed E-state index contributed by atoms with van der Waals surface area (Å²) in [7, 11) is -3.99. The molecule has 34 heavy (non-hydrogen) atoms. The van der Waals surface area contributed by atoms with Crippen molar-refractivity contribution in [1.82, 2.24) is 4.98 Å². The van der Waals surface area contributed by atoms with Crippen LogP contribution < -0.4 is 14.8 Å². The van der Waals surface area contributed by atoms with Crippen LogP contribution in [0.25, 0.3) is 11.1 Å². The number of sulfonamides is 1. The van der Waals surface area contributed by atoms with E-state index >= 15 is 0 Å². The van der Waals surface area contributed by atoms with Crippen LogP contribution in [0.3, 0.4) is 0 Å². The van der Waals surface area contributed by atoms with Gasteiger partial charge < -0.3 is 10.1 Å². The zero-order chi connectivity index (χ0) is 23.9. The Kier molecular flexibility index (Phi) is 5.30. The van der Waals surface area contributed by atoms with Crippen molar-refractivity contribution in [2.24, 2.45) is 0 Å². The third kappa shape index (κ3) is 4.23. The minimum absolute atomic E-state index is 0.00199. The Labute approximate surface area is 197 Å². The Balaban J connectivity index is 1.73. The lowest BCUT2D eigenvalue weighted by Crippen LogP contribution is -2.16. The highest BCUT2D eigenvalue weighted by molar-refractivity contribution is 7.92. The number of pyridine rings is 1. The third-order valence-electron chi connectivity index (χ3n) is 5.53. The topological polar surface area (TPSA) is 97.4 Å². The minimum atomic E-state index is -3.99. The van der Waals surface area contributed by atoms with Crippen LogP contribution in [0.15, 0.2) is 83.8 Å². The molecule has 0 spiro atoms. The van der Waals surface area contributed by atoms with E-state index in [-0.39, 0.29) is 22.5 Å². The zero-order valence-electron chi connectivity index (χ0n) is 18.5. The SMILES string of the molecule is Cc1cccc(C)c1-c1cc2nc(c1)Oc1cccc(c1)C(=O)Nc1cccc(c1)S(=O)(=O)N2. The first-order valence-electron chi connectivity index (χ1n) is 10.6. The molecule has 4 aromatic rings. The molecule has 1 aliphatic rings. The van der Waals surface area contributed by atoms with Crippen molar-refractivity contribution in [1.29, 1.82) is 0 Å². The number of nitrogens with zero attached hydrogens (tertiary/aromatic N) is 1. The van der Waals surface area contributed by atoms with E-state index in [1.165, 1.54) is 12.1 Å². The summed E-state index contributed by atoms with van der Waals surface area (Å²) in [6.07, 6.45) is 0. The van der Waals surface area contributed by atoms with Crippen molar-refractivity contribution in [3.63, 3.8) is 0 Å². The number of aryl methyl sites for hydroxylation is 2. The Morgan fingerprint density at radius 3 is 2.35 bits per heavy atom. The Bertz CT molecular complexity index is 1530. The zero-order valence-corrected chi connectivity index (χ0v) is 19.3. The summed E-state index contributed by atoms with van der Waals surface area (Å²) in [5, 5.41) is 2.73. The maximum absolute atomic E-state index is 13.2. The average Bonchev–Trinajstić information content (AvgIpc) is 2.78. The number of hydrogen-bond donors (Lipinski definition) is 2. The van der Waals surface area contributed by atoms with E-state index in [0.717, 1.165) is 22.3 Å². The van der Waals surface area contributed by atoms with Gasteiger partial charge in [-0.2, -0.15) is 4.98 Å². The molecule has 5 rings (SSSR count). The first-order valence-corrected chi connectivity index (χ1v) is 12.1. The van der Waals surface area contributed by atoms with Crippen molar-refractivity contribution < 1.29 is 17.9 Å². The fraction of sp³-hybridized carbons (Fsp3) is 0.0769. The second kappa shape index (κ2) is 8.31. The second-order valence-corrected chi connectivity index (χ2v) is 9.75. The molecule has 2 heterocycles. The fourth-order valence-corrected chi connectivity index (χ4v) is 5.02. The number of carbonyl (C=O) groups is 1.